The van der Waals surface area contributed by atoms with Crippen LogP contribution in [0.15, 0.2) is 0 Å². The fraction of sp³-hybridized carbons (Fsp3) is 1.00. The molecule has 1 unspecified atom stereocenters. The second-order valence-corrected chi connectivity index (χ2v) is 2.49. The molecule has 0 rings (SSSR count). The standard InChI is InChI=1S/C2H8NO4P.K.H/c1-2(3)7-8(4,5)6;;/h2H,3H2,1H3,(H2,4,5,6);;. The fourth-order valence-corrected chi connectivity index (χ4v) is 0.650. The summed E-state index contributed by atoms with van der Waals surface area (Å²) in [5.74, 6) is 0. The first-order valence-corrected chi connectivity index (χ1v) is 3.44. The van der Waals surface area contributed by atoms with E-state index in [0.29, 0.717) is 0 Å². The molecule has 0 aromatic carbocycles. The molecule has 0 heterocycles. The predicted octanol–water partition coefficient (Wildman–Crippen LogP) is -1.25. The molecule has 0 radical (unpaired) electrons. The molecule has 0 spiro atoms. The van der Waals surface area contributed by atoms with Gasteiger partial charge in [0, 0.05) is 0 Å². The number of nitrogens with two attached hydrogens (primary N) is 1. The molecule has 0 aromatic heterocycles. The van der Waals surface area contributed by atoms with Crippen LogP contribution in [0.2, 0.25) is 0 Å². The third kappa shape index (κ3) is 12.8. The van der Waals surface area contributed by atoms with Crippen molar-refractivity contribution in [3.63, 3.8) is 0 Å². The Kier molecular flexibility index (Phi) is 7.94. The second-order valence-electron chi connectivity index (χ2n) is 1.30. The van der Waals surface area contributed by atoms with E-state index in [9.17, 15) is 4.57 Å². The maximum atomic E-state index is 9.83. The molecule has 0 fully saturated rings. The van der Waals surface area contributed by atoms with Gasteiger partial charge in [0.1, 0.15) is 6.23 Å². The Bertz CT molecular complexity index is 111. The van der Waals surface area contributed by atoms with Crippen molar-refractivity contribution >= 4 is 59.2 Å². The summed E-state index contributed by atoms with van der Waals surface area (Å²) in [6.45, 7) is 1.33. The maximum absolute atomic E-state index is 9.83. The van der Waals surface area contributed by atoms with Crippen LogP contribution in [-0.4, -0.2) is 67.4 Å². The van der Waals surface area contributed by atoms with Crippen molar-refractivity contribution in [1.29, 1.82) is 0 Å². The van der Waals surface area contributed by atoms with Gasteiger partial charge in [-0.15, -0.1) is 0 Å². The first kappa shape index (κ1) is 13.3. The quantitative estimate of drug-likeness (QED) is 0.281. The van der Waals surface area contributed by atoms with Gasteiger partial charge in [0.2, 0.25) is 0 Å². The number of hydrogen-bond acceptors (Lipinski definition) is 3. The normalized spacial score (nSPS) is 14.2. The first-order chi connectivity index (χ1) is 3.42. The Labute approximate surface area is 95.6 Å². The average molecular weight is 181 g/mol. The monoisotopic (exact) mass is 181 g/mol. The molecule has 52 valence electrons. The van der Waals surface area contributed by atoms with Gasteiger partial charge in [-0.3, -0.25) is 4.52 Å². The van der Waals surface area contributed by atoms with Gasteiger partial charge < -0.3 is 15.5 Å². The van der Waals surface area contributed by atoms with E-state index in [-0.39, 0.29) is 51.4 Å². The Morgan fingerprint density at radius 1 is 1.67 bits per heavy atom. The Hall–Kier alpha value is 1.71. The molecule has 0 saturated heterocycles. The van der Waals surface area contributed by atoms with Crippen molar-refractivity contribution < 1.29 is 18.9 Å². The van der Waals surface area contributed by atoms with Crippen molar-refractivity contribution in [2.45, 2.75) is 13.2 Å². The fourth-order valence-electron chi connectivity index (χ4n) is 0.217. The third-order valence-electron chi connectivity index (χ3n) is 0.304. The SMILES string of the molecule is CC(N)OP(=O)(O)O.[KH]. The van der Waals surface area contributed by atoms with Crippen LogP contribution in [0.1, 0.15) is 6.92 Å². The molecule has 0 aliphatic heterocycles. The first-order valence-electron chi connectivity index (χ1n) is 1.91. The average Bonchev–Trinajstić information content (AvgIpc) is 1.21. The summed E-state index contributed by atoms with van der Waals surface area (Å²) in [6.07, 6.45) is -0.921. The molecule has 9 heavy (non-hydrogen) atoms. The summed E-state index contributed by atoms with van der Waals surface area (Å²) in [6, 6.07) is 0. The second kappa shape index (κ2) is 5.37. The van der Waals surface area contributed by atoms with E-state index in [0.717, 1.165) is 0 Å². The minimum absolute atomic E-state index is 0. The zero-order chi connectivity index (χ0) is 6.78. The van der Waals surface area contributed by atoms with Gasteiger partial charge in [-0.25, -0.2) is 4.57 Å². The van der Waals surface area contributed by atoms with E-state index in [4.69, 9.17) is 15.5 Å². The zero-order valence-corrected chi connectivity index (χ0v) is 5.21. The number of phosphoric acid groups is 1. The Morgan fingerprint density at radius 3 is 2.00 bits per heavy atom. The molecule has 4 N–H and O–H groups in total. The van der Waals surface area contributed by atoms with Crippen LogP contribution in [0.25, 0.3) is 0 Å². The number of phosphoric ester groups is 1. The molecule has 1 atom stereocenters. The number of rotatable bonds is 2. The molecular formula is C2H9KNO4P. The summed E-state index contributed by atoms with van der Waals surface area (Å²) in [5.41, 5.74) is 4.86. The summed E-state index contributed by atoms with van der Waals surface area (Å²) >= 11 is 0. The van der Waals surface area contributed by atoms with E-state index in [1.165, 1.54) is 6.92 Å². The van der Waals surface area contributed by atoms with Crippen molar-refractivity contribution in [2.24, 2.45) is 5.73 Å². The van der Waals surface area contributed by atoms with E-state index in [1.807, 2.05) is 0 Å². The molecule has 0 saturated carbocycles. The van der Waals surface area contributed by atoms with Crippen molar-refractivity contribution in [1.82, 2.24) is 0 Å². The van der Waals surface area contributed by atoms with E-state index in [1.54, 1.807) is 0 Å². The molecule has 5 nitrogen and oxygen atoms in total. The van der Waals surface area contributed by atoms with Crippen LogP contribution in [0.3, 0.4) is 0 Å². The summed E-state index contributed by atoms with van der Waals surface area (Å²) < 4.78 is 13.7. The van der Waals surface area contributed by atoms with E-state index in [2.05, 4.69) is 4.52 Å². The molecular weight excluding hydrogens is 172 g/mol. The van der Waals surface area contributed by atoms with Crippen LogP contribution in [0.4, 0.5) is 0 Å². The van der Waals surface area contributed by atoms with Crippen LogP contribution in [0.5, 0.6) is 0 Å². The minimum atomic E-state index is -4.35. The zero-order valence-electron chi connectivity index (χ0n) is 4.31. The third-order valence-corrected chi connectivity index (χ3v) is 0.911. The van der Waals surface area contributed by atoms with Gasteiger partial charge in [0.05, 0.1) is 0 Å². The molecule has 0 aliphatic carbocycles. The Balaban J connectivity index is 0. The summed E-state index contributed by atoms with van der Waals surface area (Å²) in [5, 5.41) is 0. The van der Waals surface area contributed by atoms with Gasteiger partial charge >= 0.3 is 59.2 Å². The van der Waals surface area contributed by atoms with E-state index < -0.39 is 14.1 Å². The molecule has 0 aliphatic rings. The predicted molar refractivity (Wildman–Crippen MR) is 33.9 cm³/mol. The van der Waals surface area contributed by atoms with Crippen LogP contribution < -0.4 is 5.73 Å². The van der Waals surface area contributed by atoms with Crippen molar-refractivity contribution in [3.8, 4) is 0 Å². The van der Waals surface area contributed by atoms with Crippen LogP contribution >= 0.6 is 7.82 Å². The van der Waals surface area contributed by atoms with E-state index >= 15 is 0 Å². The Morgan fingerprint density at radius 2 is 2.00 bits per heavy atom. The topological polar surface area (TPSA) is 92.8 Å². The van der Waals surface area contributed by atoms with Gasteiger partial charge in [0.25, 0.3) is 0 Å². The molecule has 0 amide bonds. The van der Waals surface area contributed by atoms with Crippen LogP contribution in [0, 0.1) is 0 Å². The van der Waals surface area contributed by atoms with Gasteiger partial charge in [-0.05, 0) is 6.92 Å². The van der Waals surface area contributed by atoms with Crippen molar-refractivity contribution in [2.75, 3.05) is 0 Å². The molecule has 0 bridgehead atoms. The summed E-state index contributed by atoms with van der Waals surface area (Å²) in [4.78, 5) is 16.0. The number of hydrogen-bond donors (Lipinski definition) is 3. The summed E-state index contributed by atoms with van der Waals surface area (Å²) in [7, 11) is -4.35. The van der Waals surface area contributed by atoms with Gasteiger partial charge in [0.15, 0.2) is 0 Å². The molecule has 7 heteroatoms. The van der Waals surface area contributed by atoms with Crippen molar-refractivity contribution in [3.05, 3.63) is 0 Å². The van der Waals surface area contributed by atoms with Crippen LogP contribution in [-0.2, 0) is 9.09 Å². The molecule has 0 aromatic rings. The van der Waals surface area contributed by atoms with Gasteiger partial charge in [-0.1, -0.05) is 0 Å². The van der Waals surface area contributed by atoms with Gasteiger partial charge in [-0.2, -0.15) is 0 Å².